The lowest BCUT2D eigenvalue weighted by Crippen LogP contribution is -2.36. The van der Waals surface area contributed by atoms with Gasteiger partial charge < -0.3 is 20.1 Å². The van der Waals surface area contributed by atoms with E-state index in [0.29, 0.717) is 0 Å². The molecule has 0 spiro atoms. The van der Waals surface area contributed by atoms with Gasteiger partial charge in [0.1, 0.15) is 18.3 Å². The van der Waals surface area contributed by atoms with E-state index >= 15 is 0 Å². The van der Waals surface area contributed by atoms with Crippen LogP contribution in [0.3, 0.4) is 0 Å². The van der Waals surface area contributed by atoms with Crippen molar-refractivity contribution in [2.45, 2.75) is 24.5 Å². The van der Waals surface area contributed by atoms with Gasteiger partial charge in [-0.25, -0.2) is 10.3 Å². The molecule has 0 amide bonds. The van der Waals surface area contributed by atoms with Crippen LogP contribution in [0.15, 0.2) is 17.1 Å². The summed E-state index contributed by atoms with van der Waals surface area (Å²) in [6.45, 7) is -0.458. The molecule has 2 heterocycles. The number of ether oxygens (including phenoxy) is 1. The first kappa shape index (κ1) is 13.9. The summed E-state index contributed by atoms with van der Waals surface area (Å²) in [5, 5.41) is 28.4. The largest absolute Gasteiger partial charge is 0.394 e. The van der Waals surface area contributed by atoms with Crippen molar-refractivity contribution in [2.24, 2.45) is 0 Å². The number of nitrogens with zero attached hydrogens (tertiary/aromatic N) is 2. The van der Waals surface area contributed by atoms with Crippen LogP contribution in [-0.2, 0) is 9.57 Å². The SMILES string of the molecule is CONc1ccn([C@@H]2O[C@H](CO)[C@H](O)[C@@H]2O)c(=O)n1. The van der Waals surface area contributed by atoms with Gasteiger partial charge in [0.2, 0.25) is 0 Å². The standard InChI is InChI=1S/C10H15N3O6/c1-18-12-6-2-3-13(10(17)11-6)9-8(16)7(15)5(4-14)19-9/h2-3,5,7-9,14-16H,4H2,1H3,(H,11,12,17)/t5-,7+,8+,9-/m1/s1. The van der Waals surface area contributed by atoms with E-state index in [1.165, 1.54) is 19.4 Å². The summed E-state index contributed by atoms with van der Waals surface area (Å²) in [4.78, 5) is 20.0. The Morgan fingerprint density at radius 2 is 2.26 bits per heavy atom. The molecule has 0 radical (unpaired) electrons. The third-order valence-electron chi connectivity index (χ3n) is 2.83. The smallest absolute Gasteiger partial charge is 0.351 e. The van der Waals surface area contributed by atoms with Gasteiger partial charge in [-0.15, -0.1) is 0 Å². The minimum Gasteiger partial charge on any atom is -0.394 e. The Labute approximate surface area is 108 Å². The second-order valence-electron chi connectivity index (χ2n) is 4.04. The summed E-state index contributed by atoms with van der Waals surface area (Å²) in [5.41, 5.74) is 1.71. The van der Waals surface area contributed by atoms with Gasteiger partial charge in [-0.2, -0.15) is 4.98 Å². The third kappa shape index (κ3) is 2.60. The Bertz CT molecular complexity index is 492. The lowest BCUT2D eigenvalue weighted by molar-refractivity contribution is -0.0549. The molecule has 1 aliphatic heterocycles. The van der Waals surface area contributed by atoms with Crippen molar-refractivity contribution < 1.29 is 24.9 Å². The zero-order valence-electron chi connectivity index (χ0n) is 10.1. The lowest BCUT2D eigenvalue weighted by atomic mass is 10.1. The lowest BCUT2D eigenvalue weighted by Gasteiger charge is -2.17. The van der Waals surface area contributed by atoms with Gasteiger partial charge in [-0.3, -0.25) is 9.40 Å². The van der Waals surface area contributed by atoms with Crippen LogP contribution in [0.4, 0.5) is 5.82 Å². The second-order valence-corrected chi connectivity index (χ2v) is 4.04. The van der Waals surface area contributed by atoms with E-state index in [0.717, 1.165) is 4.57 Å². The van der Waals surface area contributed by atoms with Crippen LogP contribution < -0.4 is 11.2 Å². The molecule has 2 rings (SSSR count). The number of rotatable bonds is 4. The molecule has 1 aromatic heterocycles. The van der Waals surface area contributed by atoms with Gasteiger partial charge in [0, 0.05) is 6.20 Å². The minimum atomic E-state index is -1.32. The molecule has 0 unspecified atom stereocenters. The first-order chi connectivity index (χ1) is 9.08. The molecule has 9 nitrogen and oxygen atoms in total. The summed E-state index contributed by atoms with van der Waals surface area (Å²) < 4.78 is 6.26. The molecule has 1 saturated heterocycles. The van der Waals surface area contributed by atoms with Crippen LogP contribution in [-0.4, -0.2) is 56.9 Å². The van der Waals surface area contributed by atoms with E-state index in [2.05, 4.69) is 15.3 Å². The molecule has 4 N–H and O–H groups in total. The fourth-order valence-electron chi connectivity index (χ4n) is 1.88. The average molecular weight is 273 g/mol. The third-order valence-corrected chi connectivity index (χ3v) is 2.83. The summed E-state index contributed by atoms with van der Waals surface area (Å²) in [6.07, 6.45) is -3.28. The van der Waals surface area contributed by atoms with Crippen LogP contribution >= 0.6 is 0 Å². The normalized spacial score (nSPS) is 30.5. The molecule has 0 bridgehead atoms. The predicted octanol–water partition coefficient (Wildman–Crippen LogP) is -2.17. The Morgan fingerprint density at radius 3 is 2.79 bits per heavy atom. The molecular formula is C10H15N3O6. The van der Waals surface area contributed by atoms with Crippen LogP contribution in [0, 0.1) is 0 Å². The monoisotopic (exact) mass is 273 g/mol. The molecular weight excluding hydrogens is 258 g/mol. The number of nitrogens with one attached hydrogen (secondary N) is 1. The van der Waals surface area contributed by atoms with Gasteiger partial charge in [0.05, 0.1) is 13.7 Å². The molecule has 1 aromatic rings. The number of aromatic nitrogens is 2. The van der Waals surface area contributed by atoms with Gasteiger partial charge in [0.25, 0.3) is 0 Å². The summed E-state index contributed by atoms with van der Waals surface area (Å²) >= 11 is 0. The van der Waals surface area contributed by atoms with Crippen LogP contribution in [0.1, 0.15) is 6.23 Å². The number of hydrogen-bond donors (Lipinski definition) is 4. The van der Waals surface area contributed by atoms with Gasteiger partial charge >= 0.3 is 5.69 Å². The van der Waals surface area contributed by atoms with Crippen molar-refractivity contribution in [3.05, 3.63) is 22.7 Å². The maximum Gasteiger partial charge on any atom is 0.351 e. The highest BCUT2D eigenvalue weighted by Gasteiger charge is 2.43. The molecule has 9 heteroatoms. The maximum atomic E-state index is 11.8. The zero-order chi connectivity index (χ0) is 14.0. The van der Waals surface area contributed by atoms with E-state index in [9.17, 15) is 15.0 Å². The number of hydrogen-bond acceptors (Lipinski definition) is 8. The molecule has 1 fully saturated rings. The van der Waals surface area contributed by atoms with E-state index in [-0.39, 0.29) is 5.82 Å². The van der Waals surface area contributed by atoms with E-state index in [1.54, 1.807) is 0 Å². The first-order valence-corrected chi connectivity index (χ1v) is 5.59. The van der Waals surface area contributed by atoms with E-state index < -0.39 is 36.8 Å². The Balaban J connectivity index is 2.25. The molecule has 0 saturated carbocycles. The van der Waals surface area contributed by atoms with Crippen molar-refractivity contribution in [1.82, 2.24) is 9.55 Å². The highest BCUT2D eigenvalue weighted by atomic mass is 16.6. The van der Waals surface area contributed by atoms with Gasteiger partial charge in [-0.1, -0.05) is 0 Å². The Morgan fingerprint density at radius 1 is 1.53 bits per heavy atom. The van der Waals surface area contributed by atoms with Crippen molar-refractivity contribution >= 4 is 5.82 Å². The van der Waals surface area contributed by atoms with Crippen molar-refractivity contribution in [3.8, 4) is 0 Å². The number of aliphatic hydroxyl groups excluding tert-OH is 3. The molecule has 106 valence electrons. The Kier molecular flexibility index (Phi) is 4.12. The van der Waals surface area contributed by atoms with Crippen molar-refractivity contribution in [2.75, 3.05) is 19.2 Å². The molecule has 0 aliphatic carbocycles. The highest BCUT2D eigenvalue weighted by molar-refractivity contribution is 5.28. The van der Waals surface area contributed by atoms with Crippen molar-refractivity contribution in [1.29, 1.82) is 0 Å². The zero-order valence-corrected chi connectivity index (χ0v) is 10.1. The van der Waals surface area contributed by atoms with Gasteiger partial charge in [0.15, 0.2) is 12.0 Å². The van der Waals surface area contributed by atoms with Crippen molar-refractivity contribution in [3.63, 3.8) is 0 Å². The second kappa shape index (κ2) is 5.63. The summed E-state index contributed by atoms with van der Waals surface area (Å²) in [7, 11) is 1.37. The summed E-state index contributed by atoms with van der Waals surface area (Å²) in [5.74, 6) is 0.204. The fraction of sp³-hybridized carbons (Fsp3) is 0.600. The maximum absolute atomic E-state index is 11.8. The van der Waals surface area contributed by atoms with E-state index in [4.69, 9.17) is 9.84 Å². The average Bonchev–Trinajstić information content (AvgIpc) is 2.67. The summed E-state index contributed by atoms with van der Waals surface area (Å²) in [6, 6.07) is 1.44. The number of aliphatic hydroxyl groups is 3. The quantitative estimate of drug-likeness (QED) is 0.456. The predicted molar refractivity (Wildman–Crippen MR) is 62.1 cm³/mol. The fourth-order valence-corrected chi connectivity index (χ4v) is 1.88. The molecule has 0 aromatic carbocycles. The first-order valence-electron chi connectivity index (χ1n) is 5.59. The molecule has 19 heavy (non-hydrogen) atoms. The molecule has 4 atom stereocenters. The van der Waals surface area contributed by atoms with Crippen LogP contribution in [0.2, 0.25) is 0 Å². The van der Waals surface area contributed by atoms with Gasteiger partial charge in [-0.05, 0) is 6.07 Å². The molecule has 1 aliphatic rings. The topological polar surface area (TPSA) is 126 Å². The highest BCUT2D eigenvalue weighted by Crippen LogP contribution is 2.27. The van der Waals surface area contributed by atoms with Crippen LogP contribution in [0.25, 0.3) is 0 Å². The Hall–Kier alpha value is -1.52. The van der Waals surface area contributed by atoms with E-state index in [1.807, 2.05) is 0 Å². The number of anilines is 1. The minimum absolute atomic E-state index is 0.204. The van der Waals surface area contributed by atoms with Crippen LogP contribution in [0.5, 0.6) is 0 Å².